The summed E-state index contributed by atoms with van der Waals surface area (Å²) < 4.78 is 5.33. The van der Waals surface area contributed by atoms with E-state index in [4.69, 9.17) is 15.6 Å². The van der Waals surface area contributed by atoms with Crippen molar-refractivity contribution in [3.63, 3.8) is 0 Å². The van der Waals surface area contributed by atoms with E-state index < -0.39 is 0 Å². The van der Waals surface area contributed by atoms with Gasteiger partial charge in [-0.3, -0.25) is 0 Å². The van der Waals surface area contributed by atoms with Crippen LogP contribution in [0.25, 0.3) is 0 Å². The van der Waals surface area contributed by atoms with E-state index in [1.807, 2.05) is 19.1 Å². The van der Waals surface area contributed by atoms with Crippen LogP contribution in [0.5, 0.6) is 11.5 Å². The third-order valence-electron chi connectivity index (χ3n) is 3.38. The average Bonchev–Trinajstić information content (AvgIpc) is 2.53. The van der Waals surface area contributed by atoms with E-state index in [2.05, 4.69) is 10.6 Å². The number of aliphatic hydroxyl groups is 1. The lowest BCUT2D eigenvalue weighted by Gasteiger charge is -2.17. The molecule has 0 fully saturated rings. The molecule has 0 saturated heterocycles. The zero-order chi connectivity index (χ0) is 16.1. The van der Waals surface area contributed by atoms with Crippen LogP contribution < -0.4 is 21.1 Å². The summed E-state index contributed by atoms with van der Waals surface area (Å²) in [6.45, 7) is 2.33. The summed E-state index contributed by atoms with van der Waals surface area (Å²) in [5.41, 5.74) is 9.30. The Morgan fingerprint density at radius 2 is 2.00 bits per heavy atom. The van der Waals surface area contributed by atoms with Crippen molar-refractivity contribution in [3.8, 4) is 11.5 Å². The van der Waals surface area contributed by atoms with E-state index >= 15 is 0 Å². The molecular weight excluding hydrogens is 282 g/mol. The molecule has 118 valence electrons. The number of rotatable bonds is 6. The molecule has 0 spiro atoms. The summed E-state index contributed by atoms with van der Waals surface area (Å²) in [4.78, 5) is 0. The number of nitrogens with two attached hydrogens (primary N) is 1. The third kappa shape index (κ3) is 3.35. The van der Waals surface area contributed by atoms with Crippen molar-refractivity contribution >= 4 is 22.7 Å². The minimum absolute atomic E-state index is 0.0455. The zero-order valence-electron chi connectivity index (χ0n) is 12.7. The highest BCUT2D eigenvalue weighted by molar-refractivity contribution is 5.78. The van der Waals surface area contributed by atoms with Crippen LogP contribution >= 0.6 is 0 Å². The minimum atomic E-state index is 0.0455. The van der Waals surface area contributed by atoms with Gasteiger partial charge in [-0.1, -0.05) is 0 Å². The first kappa shape index (κ1) is 15.8. The maximum atomic E-state index is 10.0. The van der Waals surface area contributed by atoms with Crippen molar-refractivity contribution in [3.05, 3.63) is 35.9 Å². The van der Waals surface area contributed by atoms with Gasteiger partial charge in [-0.2, -0.15) is 0 Å². The van der Waals surface area contributed by atoms with Gasteiger partial charge in [-0.25, -0.2) is 0 Å². The van der Waals surface area contributed by atoms with Gasteiger partial charge in [0.1, 0.15) is 11.5 Å². The molecule has 6 heteroatoms. The number of ether oxygens (including phenoxy) is 1. The topological polar surface area (TPSA) is 99.8 Å². The van der Waals surface area contributed by atoms with E-state index in [1.54, 1.807) is 25.3 Å². The lowest BCUT2D eigenvalue weighted by atomic mass is 10.1. The first-order chi connectivity index (χ1) is 10.6. The van der Waals surface area contributed by atoms with Crippen LogP contribution in [0.2, 0.25) is 0 Å². The number of benzene rings is 2. The molecule has 22 heavy (non-hydrogen) atoms. The third-order valence-corrected chi connectivity index (χ3v) is 3.38. The van der Waals surface area contributed by atoms with Gasteiger partial charge in [0.05, 0.1) is 25.1 Å². The van der Waals surface area contributed by atoms with Crippen molar-refractivity contribution in [2.24, 2.45) is 0 Å². The fourth-order valence-electron chi connectivity index (χ4n) is 2.12. The highest BCUT2D eigenvalue weighted by Crippen LogP contribution is 2.37. The summed E-state index contributed by atoms with van der Waals surface area (Å²) >= 11 is 0. The molecule has 0 unspecified atom stereocenters. The Hall–Kier alpha value is -2.60. The number of nitrogens with one attached hydrogen (secondary N) is 2. The average molecular weight is 303 g/mol. The number of aromatic hydroxyl groups is 1. The van der Waals surface area contributed by atoms with Crippen LogP contribution in [0, 0.1) is 6.92 Å². The van der Waals surface area contributed by atoms with Gasteiger partial charge in [-0.15, -0.1) is 0 Å². The van der Waals surface area contributed by atoms with Crippen molar-refractivity contribution < 1.29 is 14.9 Å². The van der Waals surface area contributed by atoms with Gasteiger partial charge < -0.3 is 31.3 Å². The molecular formula is C16H21N3O3. The van der Waals surface area contributed by atoms with Crippen LogP contribution in [0.4, 0.5) is 22.7 Å². The maximum Gasteiger partial charge on any atom is 0.142 e. The highest BCUT2D eigenvalue weighted by Gasteiger charge is 2.11. The molecule has 0 atom stereocenters. The molecule has 0 amide bonds. The Labute approximate surface area is 129 Å². The number of methoxy groups -OCH3 is 1. The standard InChI is InChI=1S/C16H21N3O3/c1-10-12(17)4-5-14(21)16(10)19-13-9-11(18-7-8-20)3-6-15(13)22-2/h3-6,9,18-21H,7-8,17H2,1-2H3. The van der Waals surface area contributed by atoms with Gasteiger partial charge in [-0.05, 0) is 42.8 Å². The van der Waals surface area contributed by atoms with Crippen LogP contribution in [0.1, 0.15) is 5.56 Å². The zero-order valence-corrected chi connectivity index (χ0v) is 12.7. The second-order valence-electron chi connectivity index (χ2n) is 4.86. The Balaban J connectivity index is 2.37. The number of phenols is 1. The largest absolute Gasteiger partial charge is 0.506 e. The van der Waals surface area contributed by atoms with Crippen molar-refractivity contribution in [1.82, 2.24) is 0 Å². The van der Waals surface area contributed by atoms with Gasteiger partial charge in [0, 0.05) is 17.9 Å². The van der Waals surface area contributed by atoms with Crippen LogP contribution in [0.15, 0.2) is 30.3 Å². The molecule has 0 aliphatic carbocycles. The first-order valence-electron chi connectivity index (χ1n) is 6.94. The summed E-state index contributed by atoms with van der Waals surface area (Å²) in [5, 5.41) is 25.2. The molecule has 6 N–H and O–H groups in total. The fraction of sp³-hybridized carbons (Fsp3) is 0.250. The number of phenolic OH excluding ortho intramolecular Hbond substituents is 1. The molecule has 2 aromatic carbocycles. The van der Waals surface area contributed by atoms with Crippen LogP contribution in [-0.4, -0.2) is 30.5 Å². The van der Waals surface area contributed by atoms with E-state index in [-0.39, 0.29) is 12.4 Å². The molecule has 6 nitrogen and oxygen atoms in total. The Morgan fingerprint density at radius 1 is 1.23 bits per heavy atom. The van der Waals surface area contributed by atoms with Gasteiger partial charge >= 0.3 is 0 Å². The van der Waals surface area contributed by atoms with Crippen molar-refractivity contribution in [1.29, 1.82) is 0 Å². The smallest absolute Gasteiger partial charge is 0.142 e. The van der Waals surface area contributed by atoms with Gasteiger partial charge in [0.25, 0.3) is 0 Å². The number of nitrogen functional groups attached to an aromatic ring is 1. The van der Waals surface area contributed by atoms with Crippen molar-refractivity contribution in [2.45, 2.75) is 6.92 Å². The number of aliphatic hydroxyl groups excluding tert-OH is 1. The van der Waals surface area contributed by atoms with Gasteiger partial charge in [0.15, 0.2) is 0 Å². The highest BCUT2D eigenvalue weighted by atomic mass is 16.5. The molecule has 0 aromatic heterocycles. The predicted molar refractivity (Wildman–Crippen MR) is 89.1 cm³/mol. The summed E-state index contributed by atoms with van der Waals surface area (Å²) in [6, 6.07) is 8.71. The molecule has 0 aliphatic rings. The van der Waals surface area contributed by atoms with E-state index in [9.17, 15) is 5.11 Å². The second kappa shape index (κ2) is 6.91. The molecule has 0 radical (unpaired) electrons. The molecule has 2 rings (SSSR count). The lowest BCUT2D eigenvalue weighted by Crippen LogP contribution is -2.06. The summed E-state index contributed by atoms with van der Waals surface area (Å²) in [5.74, 6) is 0.748. The number of hydrogen-bond donors (Lipinski definition) is 5. The van der Waals surface area contributed by atoms with Gasteiger partial charge in [0.2, 0.25) is 0 Å². The van der Waals surface area contributed by atoms with Crippen LogP contribution in [0.3, 0.4) is 0 Å². The number of hydrogen-bond acceptors (Lipinski definition) is 6. The lowest BCUT2D eigenvalue weighted by molar-refractivity contribution is 0.311. The first-order valence-corrected chi connectivity index (χ1v) is 6.94. The SMILES string of the molecule is COc1ccc(NCCO)cc1Nc1c(O)ccc(N)c1C. The van der Waals surface area contributed by atoms with E-state index in [0.29, 0.717) is 29.4 Å². The quantitative estimate of drug-likeness (QED) is 0.319. The van der Waals surface area contributed by atoms with E-state index in [0.717, 1.165) is 11.3 Å². The maximum absolute atomic E-state index is 10.0. The molecule has 0 bridgehead atoms. The molecule has 0 aliphatic heterocycles. The Morgan fingerprint density at radius 3 is 2.68 bits per heavy atom. The Kier molecular flexibility index (Phi) is 4.95. The summed E-state index contributed by atoms with van der Waals surface area (Å²) in [6.07, 6.45) is 0. The normalized spacial score (nSPS) is 10.3. The molecule has 2 aromatic rings. The second-order valence-corrected chi connectivity index (χ2v) is 4.86. The Bertz CT molecular complexity index is 659. The fourth-order valence-corrected chi connectivity index (χ4v) is 2.12. The van der Waals surface area contributed by atoms with Crippen LogP contribution in [-0.2, 0) is 0 Å². The summed E-state index contributed by atoms with van der Waals surface area (Å²) in [7, 11) is 1.58. The number of anilines is 4. The van der Waals surface area contributed by atoms with E-state index in [1.165, 1.54) is 0 Å². The minimum Gasteiger partial charge on any atom is -0.506 e. The molecule has 0 saturated carbocycles. The monoisotopic (exact) mass is 303 g/mol. The van der Waals surface area contributed by atoms with Crippen molar-refractivity contribution in [2.75, 3.05) is 36.6 Å². The predicted octanol–water partition coefficient (Wildman–Crippen LogP) is 2.44. The molecule has 0 heterocycles.